The Kier molecular flexibility index (Phi) is 5.31. The first-order valence-electron chi connectivity index (χ1n) is 7.75. The fraction of sp³-hybridized carbons (Fsp3) is 0.471. The highest BCUT2D eigenvalue weighted by atomic mass is 19.2. The first-order valence-corrected chi connectivity index (χ1v) is 7.75. The minimum Gasteiger partial charge on any atom is -0.345 e. The van der Waals surface area contributed by atoms with Gasteiger partial charge in [0.2, 0.25) is 11.8 Å². The van der Waals surface area contributed by atoms with Gasteiger partial charge in [-0.1, -0.05) is 38.1 Å². The van der Waals surface area contributed by atoms with Crippen LogP contribution in [0, 0.1) is 11.6 Å². The molecule has 0 aliphatic rings. The number of rotatable bonds is 5. The molecule has 0 spiro atoms. The first kappa shape index (κ1) is 18.0. The van der Waals surface area contributed by atoms with Gasteiger partial charge in [0.1, 0.15) is 6.04 Å². The third-order valence-electron chi connectivity index (χ3n) is 3.51. The molecule has 5 nitrogen and oxygen atoms in total. The average molecular weight is 337 g/mol. The van der Waals surface area contributed by atoms with Crippen molar-refractivity contribution < 1.29 is 18.1 Å². The van der Waals surface area contributed by atoms with Gasteiger partial charge in [0, 0.05) is 11.8 Å². The molecular formula is C17H21F2N3O2. The molecule has 7 heteroatoms. The summed E-state index contributed by atoms with van der Waals surface area (Å²) in [7, 11) is 0. The fourth-order valence-corrected chi connectivity index (χ4v) is 2.08. The van der Waals surface area contributed by atoms with Crippen molar-refractivity contribution in [1.82, 2.24) is 15.5 Å². The van der Waals surface area contributed by atoms with Crippen LogP contribution in [0.1, 0.15) is 57.4 Å². The van der Waals surface area contributed by atoms with Gasteiger partial charge in [-0.05, 0) is 25.0 Å². The molecule has 0 radical (unpaired) electrons. The van der Waals surface area contributed by atoms with E-state index < -0.39 is 17.7 Å². The number of hydrogen-bond donors (Lipinski definition) is 1. The Balaban J connectivity index is 1.92. The Morgan fingerprint density at radius 1 is 1.33 bits per heavy atom. The molecule has 1 aromatic heterocycles. The monoisotopic (exact) mass is 337 g/mol. The van der Waals surface area contributed by atoms with Crippen molar-refractivity contribution in [2.24, 2.45) is 0 Å². The highest BCUT2D eigenvalue weighted by Crippen LogP contribution is 2.21. The number of hydrogen-bond acceptors (Lipinski definition) is 4. The molecule has 0 saturated carbocycles. The Bertz CT molecular complexity index is 723. The van der Waals surface area contributed by atoms with E-state index in [1.54, 1.807) is 6.92 Å². The lowest BCUT2D eigenvalue weighted by Gasteiger charge is -2.12. The predicted molar refractivity (Wildman–Crippen MR) is 84.2 cm³/mol. The van der Waals surface area contributed by atoms with Crippen LogP contribution in [0.3, 0.4) is 0 Å². The second-order valence-corrected chi connectivity index (χ2v) is 6.71. The van der Waals surface area contributed by atoms with Crippen LogP contribution in [-0.2, 0) is 16.6 Å². The number of aryl methyl sites for hydroxylation is 1. The maximum atomic E-state index is 13.6. The van der Waals surface area contributed by atoms with Gasteiger partial charge >= 0.3 is 0 Å². The van der Waals surface area contributed by atoms with Crippen LogP contribution >= 0.6 is 0 Å². The molecule has 1 amide bonds. The van der Waals surface area contributed by atoms with Crippen molar-refractivity contribution >= 4 is 5.91 Å². The fourth-order valence-electron chi connectivity index (χ4n) is 2.08. The summed E-state index contributed by atoms with van der Waals surface area (Å²) in [5.74, 6) is -1.26. The van der Waals surface area contributed by atoms with E-state index in [4.69, 9.17) is 4.52 Å². The summed E-state index contributed by atoms with van der Waals surface area (Å²) in [5.41, 5.74) is -0.0778. The lowest BCUT2D eigenvalue weighted by molar-refractivity contribution is -0.121. The molecule has 0 fully saturated rings. The Labute approximate surface area is 139 Å². The number of nitrogens with one attached hydrogen (secondary N) is 1. The summed E-state index contributed by atoms with van der Waals surface area (Å²) in [6.45, 7) is 7.59. The molecule has 24 heavy (non-hydrogen) atoms. The Morgan fingerprint density at radius 3 is 2.67 bits per heavy atom. The highest BCUT2D eigenvalue weighted by Gasteiger charge is 2.23. The molecule has 1 N–H and O–H groups in total. The van der Waals surface area contributed by atoms with Gasteiger partial charge in [-0.3, -0.25) is 4.79 Å². The van der Waals surface area contributed by atoms with Crippen LogP contribution in [-0.4, -0.2) is 16.0 Å². The Morgan fingerprint density at radius 2 is 2.04 bits per heavy atom. The number of halogens is 2. The van der Waals surface area contributed by atoms with Gasteiger partial charge < -0.3 is 9.84 Å². The van der Waals surface area contributed by atoms with E-state index in [-0.39, 0.29) is 29.7 Å². The standard InChI is InChI=1S/C17H21F2N3O2/c1-10(15-21-16(22-24-15)17(2,3)4)20-13(23)9-8-11-6-5-7-12(18)14(11)19/h5-7,10H,8-9H2,1-4H3,(H,20,23). The summed E-state index contributed by atoms with van der Waals surface area (Å²) >= 11 is 0. The minimum absolute atomic E-state index is 0.0327. The zero-order valence-corrected chi connectivity index (χ0v) is 14.2. The average Bonchev–Trinajstić information content (AvgIpc) is 2.99. The van der Waals surface area contributed by atoms with Crippen molar-refractivity contribution in [2.75, 3.05) is 0 Å². The van der Waals surface area contributed by atoms with Gasteiger partial charge in [-0.2, -0.15) is 4.98 Å². The number of carbonyl (C=O) groups is 1. The summed E-state index contributed by atoms with van der Waals surface area (Å²) < 4.78 is 31.9. The lowest BCUT2D eigenvalue weighted by Crippen LogP contribution is -2.27. The van der Waals surface area contributed by atoms with E-state index in [9.17, 15) is 13.6 Å². The molecule has 0 saturated heterocycles. The molecule has 2 rings (SSSR count). The van der Waals surface area contributed by atoms with Crippen molar-refractivity contribution in [3.8, 4) is 0 Å². The second kappa shape index (κ2) is 7.07. The molecule has 0 aliphatic heterocycles. The lowest BCUT2D eigenvalue weighted by atomic mass is 9.96. The van der Waals surface area contributed by atoms with Gasteiger partial charge in [-0.15, -0.1) is 0 Å². The van der Waals surface area contributed by atoms with Crippen LogP contribution in [0.5, 0.6) is 0 Å². The molecule has 1 heterocycles. The van der Waals surface area contributed by atoms with E-state index in [0.717, 1.165) is 6.07 Å². The molecule has 130 valence electrons. The molecule has 0 bridgehead atoms. The summed E-state index contributed by atoms with van der Waals surface area (Å²) in [6.07, 6.45) is 0.143. The maximum Gasteiger partial charge on any atom is 0.248 e. The molecule has 1 atom stereocenters. The SMILES string of the molecule is CC(NC(=O)CCc1cccc(F)c1F)c1nc(C(C)(C)C)no1. The number of carbonyl (C=O) groups excluding carboxylic acids is 1. The first-order chi connectivity index (χ1) is 11.2. The van der Waals surface area contributed by atoms with E-state index in [1.165, 1.54) is 12.1 Å². The summed E-state index contributed by atoms with van der Waals surface area (Å²) in [6, 6.07) is 3.46. The highest BCUT2D eigenvalue weighted by molar-refractivity contribution is 5.76. The summed E-state index contributed by atoms with van der Waals surface area (Å²) in [4.78, 5) is 16.3. The van der Waals surface area contributed by atoms with E-state index in [1.807, 2.05) is 20.8 Å². The normalized spacial score (nSPS) is 12.9. The van der Waals surface area contributed by atoms with Crippen molar-refractivity contribution in [3.05, 3.63) is 47.1 Å². The number of amides is 1. The van der Waals surface area contributed by atoms with Gasteiger partial charge in [0.15, 0.2) is 17.5 Å². The van der Waals surface area contributed by atoms with E-state index in [2.05, 4.69) is 15.5 Å². The van der Waals surface area contributed by atoms with Crippen molar-refractivity contribution in [2.45, 2.75) is 52.0 Å². The molecule has 0 aliphatic carbocycles. The predicted octanol–water partition coefficient (Wildman–Crippen LogP) is 3.46. The zero-order valence-electron chi connectivity index (χ0n) is 14.2. The second-order valence-electron chi connectivity index (χ2n) is 6.71. The zero-order chi connectivity index (χ0) is 17.9. The van der Waals surface area contributed by atoms with Crippen molar-refractivity contribution in [3.63, 3.8) is 0 Å². The van der Waals surface area contributed by atoms with E-state index in [0.29, 0.717) is 11.7 Å². The van der Waals surface area contributed by atoms with Gasteiger partial charge in [0.25, 0.3) is 0 Å². The number of benzene rings is 1. The largest absolute Gasteiger partial charge is 0.345 e. The number of aromatic nitrogens is 2. The van der Waals surface area contributed by atoms with Crippen LogP contribution < -0.4 is 5.32 Å². The maximum absolute atomic E-state index is 13.6. The van der Waals surface area contributed by atoms with Gasteiger partial charge in [-0.25, -0.2) is 8.78 Å². The Hall–Kier alpha value is -2.31. The van der Waals surface area contributed by atoms with E-state index >= 15 is 0 Å². The molecule has 2 aromatic rings. The topological polar surface area (TPSA) is 68.0 Å². The third-order valence-corrected chi connectivity index (χ3v) is 3.51. The minimum atomic E-state index is -0.915. The quantitative estimate of drug-likeness (QED) is 0.907. The van der Waals surface area contributed by atoms with Crippen molar-refractivity contribution in [1.29, 1.82) is 0 Å². The molecule has 1 unspecified atom stereocenters. The summed E-state index contributed by atoms with van der Waals surface area (Å²) in [5, 5.41) is 6.62. The number of nitrogens with zero attached hydrogens (tertiary/aromatic N) is 2. The van der Waals surface area contributed by atoms with Crippen LogP contribution in [0.4, 0.5) is 8.78 Å². The third kappa shape index (κ3) is 4.37. The molecular weight excluding hydrogens is 316 g/mol. The van der Waals surface area contributed by atoms with Crippen LogP contribution in [0.15, 0.2) is 22.7 Å². The smallest absolute Gasteiger partial charge is 0.248 e. The van der Waals surface area contributed by atoms with Crippen LogP contribution in [0.2, 0.25) is 0 Å². The van der Waals surface area contributed by atoms with Gasteiger partial charge in [0.05, 0.1) is 0 Å². The van der Waals surface area contributed by atoms with Crippen LogP contribution in [0.25, 0.3) is 0 Å². The molecule has 1 aromatic carbocycles.